The molecule has 0 heterocycles. The predicted octanol–water partition coefficient (Wildman–Crippen LogP) is 2.94. The molecule has 0 aromatic heterocycles. The monoisotopic (exact) mass is 181 g/mol. The fraction of sp³-hybridized carbons (Fsp3) is 1.00. The molecule has 4 atom stereocenters. The van der Waals surface area contributed by atoms with E-state index in [1.54, 1.807) is 0 Å². The zero-order valence-corrected chi connectivity index (χ0v) is 9.05. The van der Waals surface area contributed by atoms with Gasteiger partial charge in [0, 0.05) is 5.54 Å². The Morgan fingerprint density at radius 3 is 2.54 bits per heavy atom. The van der Waals surface area contributed by atoms with E-state index in [9.17, 15) is 0 Å². The first-order valence-corrected chi connectivity index (χ1v) is 5.92. The molecule has 4 unspecified atom stereocenters. The van der Waals surface area contributed by atoms with Crippen LogP contribution in [0.5, 0.6) is 0 Å². The van der Waals surface area contributed by atoms with Gasteiger partial charge in [0.2, 0.25) is 0 Å². The molecule has 2 N–H and O–H groups in total. The van der Waals surface area contributed by atoms with Gasteiger partial charge in [0.1, 0.15) is 0 Å². The second kappa shape index (κ2) is 3.27. The lowest BCUT2D eigenvalue weighted by molar-refractivity contribution is 0.191. The predicted molar refractivity (Wildman–Crippen MR) is 56.4 cm³/mol. The normalized spacial score (nSPS) is 42.2. The molecule has 0 aliphatic heterocycles. The number of nitrogens with two attached hydrogens (primary N) is 1. The maximum atomic E-state index is 6.42. The van der Waals surface area contributed by atoms with Crippen molar-refractivity contribution >= 4 is 0 Å². The molecule has 0 saturated heterocycles. The molecule has 1 nitrogen and oxygen atoms in total. The van der Waals surface area contributed by atoms with Gasteiger partial charge in [0.05, 0.1) is 0 Å². The Balaban J connectivity index is 2.01. The minimum absolute atomic E-state index is 0.134. The van der Waals surface area contributed by atoms with Gasteiger partial charge in [-0.05, 0) is 50.4 Å². The molecule has 0 aromatic rings. The number of hydrogen-bond donors (Lipinski definition) is 1. The number of hydrogen-bond acceptors (Lipinski definition) is 1. The molecule has 1 heteroatoms. The molecule has 2 bridgehead atoms. The van der Waals surface area contributed by atoms with Crippen LogP contribution in [-0.2, 0) is 0 Å². The minimum Gasteiger partial charge on any atom is -0.325 e. The zero-order chi connectivity index (χ0) is 9.47. The molecule has 2 rings (SSSR count). The fourth-order valence-corrected chi connectivity index (χ4v) is 3.78. The Kier molecular flexibility index (Phi) is 2.39. The lowest BCUT2D eigenvalue weighted by Gasteiger charge is -2.37. The maximum Gasteiger partial charge on any atom is 0.0156 e. The second-order valence-corrected chi connectivity index (χ2v) is 5.54. The van der Waals surface area contributed by atoms with Crippen molar-refractivity contribution in [2.24, 2.45) is 23.5 Å². The lowest BCUT2D eigenvalue weighted by Crippen LogP contribution is -2.46. The van der Waals surface area contributed by atoms with Gasteiger partial charge in [0.15, 0.2) is 0 Å². The van der Waals surface area contributed by atoms with Crippen molar-refractivity contribution in [3.8, 4) is 0 Å². The summed E-state index contributed by atoms with van der Waals surface area (Å²) < 4.78 is 0. The Morgan fingerprint density at radius 2 is 2.08 bits per heavy atom. The molecule has 0 amide bonds. The van der Waals surface area contributed by atoms with Crippen LogP contribution >= 0.6 is 0 Å². The second-order valence-electron chi connectivity index (χ2n) is 5.54. The third kappa shape index (κ3) is 1.63. The Bertz CT molecular complexity index is 186. The molecule has 76 valence electrons. The van der Waals surface area contributed by atoms with E-state index >= 15 is 0 Å². The van der Waals surface area contributed by atoms with Crippen molar-refractivity contribution in [3.05, 3.63) is 0 Å². The third-order valence-electron chi connectivity index (χ3n) is 4.37. The largest absolute Gasteiger partial charge is 0.325 e. The Hall–Kier alpha value is -0.0400. The third-order valence-corrected chi connectivity index (χ3v) is 4.37. The van der Waals surface area contributed by atoms with Crippen LogP contribution in [0.1, 0.15) is 52.4 Å². The van der Waals surface area contributed by atoms with Gasteiger partial charge in [-0.25, -0.2) is 0 Å². The fourth-order valence-electron chi connectivity index (χ4n) is 3.78. The van der Waals surface area contributed by atoms with E-state index in [2.05, 4.69) is 13.8 Å². The molecule has 0 radical (unpaired) electrons. The summed E-state index contributed by atoms with van der Waals surface area (Å²) in [7, 11) is 0. The molecule has 13 heavy (non-hydrogen) atoms. The van der Waals surface area contributed by atoms with Gasteiger partial charge in [-0.15, -0.1) is 0 Å². The van der Waals surface area contributed by atoms with Crippen molar-refractivity contribution in [2.45, 2.75) is 57.9 Å². The van der Waals surface area contributed by atoms with Crippen LogP contribution in [0.15, 0.2) is 0 Å². The minimum atomic E-state index is 0.134. The molecule has 2 fully saturated rings. The summed E-state index contributed by atoms with van der Waals surface area (Å²) >= 11 is 0. The van der Waals surface area contributed by atoms with Gasteiger partial charge in [-0.2, -0.15) is 0 Å². The van der Waals surface area contributed by atoms with Crippen molar-refractivity contribution in [1.82, 2.24) is 0 Å². The van der Waals surface area contributed by atoms with Crippen LogP contribution in [0, 0.1) is 17.8 Å². The van der Waals surface area contributed by atoms with Gasteiger partial charge >= 0.3 is 0 Å². The quantitative estimate of drug-likeness (QED) is 0.711. The van der Waals surface area contributed by atoms with E-state index in [0.29, 0.717) is 0 Å². The molecule has 2 aliphatic rings. The highest BCUT2D eigenvalue weighted by molar-refractivity contribution is 5.00. The summed E-state index contributed by atoms with van der Waals surface area (Å²) in [4.78, 5) is 0. The van der Waals surface area contributed by atoms with Crippen LogP contribution in [0.3, 0.4) is 0 Å². The summed E-state index contributed by atoms with van der Waals surface area (Å²) in [6, 6.07) is 0. The van der Waals surface area contributed by atoms with E-state index in [4.69, 9.17) is 5.73 Å². The summed E-state index contributed by atoms with van der Waals surface area (Å²) in [5.41, 5.74) is 6.55. The van der Waals surface area contributed by atoms with Crippen LogP contribution < -0.4 is 5.73 Å². The van der Waals surface area contributed by atoms with Gasteiger partial charge in [0.25, 0.3) is 0 Å². The lowest BCUT2D eigenvalue weighted by atomic mass is 9.73. The van der Waals surface area contributed by atoms with Gasteiger partial charge in [-0.3, -0.25) is 0 Å². The van der Waals surface area contributed by atoms with Crippen molar-refractivity contribution in [1.29, 1.82) is 0 Å². The highest BCUT2D eigenvalue weighted by atomic mass is 14.8. The first-order chi connectivity index (χ1) is 6.13. The molecule has 0 spiro atoms. The van der Waals surface area contributed by atoms with Crippen molar-refractivity contribution < 1.29 is 0 Å². The van der Waals surface area contributed by atoms with E-state index in [1.807, 2.05) is 0 Å². The first kappa shape index (κ1) is 9.51. The van der Waals surface area contributed by atoms with E-state index < -0.39 is 0 Å². The van der Waals surface area contributed by atoms with E-state index in [0.717, 1.165) is 17.8 Å². The number of fused-ring (bicyclic) bond motifs is 2. The summed E-state index contributed by atoms with van der Waals surface area (Å²) in [5, 5.41) is 0. The van der Waals surface area contributed by atoms with Crippen molar-refractivity contribution in [2.75, 3.05) is 0 Å². The zero-order valence-electron chi connectivity index (χ0n) is 9.05. The van der Waals surface area contributed by atoms with Crippen LogP contribution in [0.4, 0.5) is 0 Å². The molecule has 2 saturated carbocycles. The topological polar surface area (TPSA) is 26.0 Å². The summed E-state index contributed by atoms with van der Waals surface area (Å²) in [6.07, 6.45) is 8.32. The SMILES string of the molecule is CCCC(C)(N)C1CC2CCC1C2. The van der Waals surface area contributed by atoms with E-state index in [1.165, 1.54) is 38.5 Å². The first-order valence-electron chi connectivity index (χ1n) is 5.92. The van der Waals surface area contributed by atoms with Crippen LogP contribution in [-0.4, -0.2) is 5.54 Å². The smallest absolute Gasteiger partial charge is 0.0156 e. The highest BCUT2D eigenvalue weighted by Crippen LogP contribution is 2.52. The average molecular weight is 181 g/mol. The maximum absolute atomic E-state index is 6.42. The number of rotatable bonds is 3. The Morgan fingerprint density at radius 1 is 1.31 bits per heavy atom. The average Bonchev–Trinajstić information content (AvgIpc) is 2.63. The highest BCUT2D eigenvalue weighted by Gasteiger charge is 2.46. The van der Waals surface area contributed by atoms with E-state index in [-0.39, 0.29) is 5.54 Å². The van der Waals surface area contributed by atoms with Crippen molar-refractivity contribution in [3.63, 3.8) is 0 Å². The summed E-state index contributed by atoms with van der Waals surface area (Å²) in [6.45, 7) is 4.53. The van der Waals surface area contributed by atoms with Crippen LogP contribution in [0.2, 0.25) is 0 Å². The molecular weight excluding hydrogens is 158 g/mol. The summed E-state index contributed by atoms with van der Waals surface area (Å²) in [5.74, 6) is 2.85. The van der Waals surface area contributed by atoms with Crippen LogP contribution in [0.25, 0.3) is 0 Å². The van der Waals surface area contributed by atoms with Gasteiger partial charge < -0.3 is 5.73 Å². The Labute approximate surface area is 82.1 Å². The molecule has 2 aliphatic carbocycles. The molecule has 0 aromatic carbocycles. The molecular formula is C12H23N. The standard InChI is InChI=1S/C12H23N/c1-3-6-12(2,13)11-8-9-4-5-10(11)7-9/h9-11H,3-8,13H2,1-2H3. The van der Waals surface area contributed by atoms with Gasteiger partial charge in [-0.1, -0.05) is 19.8 Å².